The van der Waals surface area contributed by atoms with Gasteiger partial charge in [-0.1, -0.05) is 0 Å². The van der Waals surface area contributed by atoms with Crippen LogP contribution >= 0.6 is 0 Å². The van der Waals surface area contributed by atoms with E-state index in [1.165, 1.54) is 7.11 Å². The molecule has 7 nitrogen and oxygen atoms in total. The van der Waals surface area contributed by atoms with Crippen LogP contribution in [0, 0.1) is 6.92 Å². The minimum absolute atomic E-state index is 0.0789. The molecule has 23 heavy (non-hydrogen) atoms. The number of benzene rings is 1. The molecule has 1 atom stereocenters. The highest BCUT2D eigenvalue weighted by atomic mass is 16.5. The Morgan fingerprint density at radius 3 is 2.83 bits per heavy atom. The number of hydrogen-bond acceptors (Lipinski definition) is 6. The summed E-state index contributed by atoms with van der Waals surface area (Å²) in [6, 6.07) is 5.13. The fourth-order valence-corrected chi connectivity index (χ4v) is 2.23. The number of aliphatic hydroxyl groups is 2. The predicted octanol–water partition coefficient (Wildman–Crippen LogP) is 0.122. The Morgan fingerprint density at radius 1 is 1.43 bits per heavy atom. The van der Waals surface area contributed by atoms with E-state index >= 15 is 0 Å². The Kier molecular flexibility index (Phi) is 5.36. The van der Waals surface area contributed by atoms with Gasteiger partial charge in [0.1, 0.15) is 11.3 Å². The molecule has 7 heteroatoms. The van der Waals surface area contributed by atoms with Gasteiger partial charge in [-0.25, -0.2) is 4.79 Å². The maximum absolute atomic E-state index is 12.1. The highest BCUT2D eigenvalue weighted by Gasteiger charge is 2.16. The van der Waals surface area contributed by atoms with Crippen LogP contribution in [-0.4, -0.2) is 42.5 Å². The number of fused-ring (bicyclic) bond motifs is 1. The number of carbonyl (C=O) groups is 1. The fraction of sp³-hybridized carbons (Fsp3) is 0.375. The molecule has 1 heterocycles. The Morgan fingerprint density at radius 2 is 2.17 bits per heavy atom. The molecule has 0 saturated carbocycles. The quantitative estimate of drug-likeness (QED) is 0.652. The third-order valence-corrected chi connectivity index (χ3v) is 3.58. The molecule has 0 saturated heterocycles. The summed E-state index contributed by atoms with van der Waals surface area (Å²) in [5, 5.41) is 21.1. The molecule has 3 N–H and O–H groups in total. The first-order valence-corrected chi connectivity index (χ1v) is 7.12. The van der Waals surface area contributed by atoms with Gasteiger partial charge in [0.05, 0.1) is 31.8 Å². The molecule has 0 aliphatic rings. The summed E-state index contributed by atoms with van der Waals surface area (Å²) in [7, 11) is 1.52. The second-order valence-corrected chi connectivity index (χ2v) is 5.17. The van der Waals surface area contributed by atoms with E-state index in [9.17, 15) is 14.7 Å². The Balaban J connectivity index is 2.27. The highest BCUT2D eigenvalue weighted by molar-refractivity contribution is 5.85. The summed E-state index contributed by atoms with van der Waals surface area (Å²) >= 11 is 0. The van der Waals surface area contributed by atoms with E-state index in [0.717, 1.165) is 5.39 Å². The molecule has 0 radical (unpaired) electrons. The lowest BCUT2D eigenvalue weighted by atomic mass is 10.0. The lowest BCUT2D eigenvalue weighted by Gasteiger charge is -2.11. The fourth-order valence-electron chi connectivity index (χ4n) is 2.23. The van der Waals surface area contributed by atoms with Crippen LogP contribution < -0.4 is 15.7 Å². The molecule has 124 valence electrons. The van der Waals surface area contributed by atoms with Crippen molar-refractivity contribution in [3.8, 4) is 5.75 Å². The van der Waals surface area contributed by atoms with E-state index in [2.05, 4.69) is 5.32 Å². The molecular formula is C16H19NO6. The number of aryl methyl sites for hydroxylation is 1. The summed E-state index contributed by atoms with van der Waals surface area (Å²) in [6.45, 7) is 1.22. The molecule has 0 aliphatic carbocycles. The van der Waals surface area contributed by atoms with Gasteiger partial charge in [-0.15, -0.1) is 0 Å². The van der Waals surface area contributed by atoms with Gasteiger partial charge in [-0.3, -0.25) is 4.79 Å². The molecule has 0 aliphatic heterocycles. The van der Waals surface area contributed by atoms with E-state index in [4.69, 9.17) is 14.3 Å². The number of hydrogen-bond donors (Lipinski definition) is 3. The van der Waals surface area contributed by atoms with Crippen molar-refractivity contribution in [1.82, 2.24) is 5.32 Å². The number of rotatable bonds is 6. The van der Waals surface area contributed by atoms with Gasteiger partial charge in [0.15, 0.2) is 0 Å². The first-order chi connectivity index (χ1) is 11.0. The summed E-state index contributed by atoms with van der Waals surface area (Å²) in [5.41, 5.74) is 0.739. The zero-order valence-corrected chi connectivity index (χ0v) is 13.0. The molecule has 1 unspecified atom stereocenters. The molecule has 2 rings (SSSR count). The van der Waals surface area contributed by atoms with Crippen molar-refractivity contribution >= 4 is 16.9 Å². The van der Waals surface area contributed by atoms with Crippen molar-refractivity contribution in [2.24, 2.45) is 0 Å². The second kappa shape index (κ2) is 7.26. The summed E-state index contributed by atoms with van der Waals surface area (Å²) in [4.78, 5) is 24.0. The molecular weight excluding hydrogens is 302 g/mol. The SMILES string of the molecule is COc1ccc2c(C)c(CC(=O)NCC(O)CO)c(=O)oc2c1. The van der Waals surface area contributed by atoms with Crippen LogP contribution in [0.5, 0.6) is 5.75 Å². The van der Waals surface area contributed by atoms with Gasteiger partial charge in [0.2, 0.25) is 5.91 Å². The standard InChI is InChI=1S/C16H19NO6/c1-9-12-4-3-11(22-2)5-14(12)23-16(21)13(9)6-15(20)17-7-10(19)8-18/h3-5,10,18-19H,6-8H2,1-2H3,(H,17,20). The summed E-state index contributed by atoms with van der Waals surface area (Å²) < 4.78 is 10.4. The molecule has 0 fully saturated rings. The number of nitrogens with one attached hydrogen (secondary N) is 1. The van der Waals surface area contributed by atoms with Crippen LogP contribution in [0.3, 0.4) is 0 Å². The zero-order valence-electron chi connectivity index (χ0n) is 13.0. The van der Waals surface area contributed by atoms with Crippen LogP contribution in [0.15, 0.2) is 27.4 Å². The maximum atomic E-state index is 12.1. The molecule has 1 aromatic heterocycles. The molecule has 2 aromatic rings. The maximum Gasteiger partial charge on any atom is 0.340 e. The number of aliphatic hydroxyl groups excluding tert-OH is 2. The first-order valence-electron chi connectivity index (χ1n) is 7.12. The minimum atomic E-state index is -1.03. The lowest BCUT2D eigenvalue weighted by Crippen LogP contribution is -2.35. The highest BCUT2D eigenvalue weighted by Crippen LogP contribution is 2.24. The minimum Gasteiger partial charge on any atom is -0.497 e. The number of carbonyl (C=O) groups excluding carboxylic acids is 1. The summed E-state index contributed by atoms with van der Waals surface area (Å²) in [5.74, 6) is 0.143. The van der Waals surface area contributed by atoms with E-state index in [-0.39, 0.29) is 18.5 Å². The molecule has 0 bridgehead atoms. The lowest BCUT2D eigenvalue weighted by molar-refractivity contribution is -0.121. The first kappa shape index (κ1) is 17.0. The number of methoxy groups -OCH3 is 1. The Hall–Kier alpha value is -2.38. The largest absolute Gasteiger partial charge is 0.497 e. The van der Waals surface area contributed by atoms with Crippen LogP contribution in [0.25, 0.3) is 11.0 Å². The van der Waals surface area contributed by atoms with E-state index in [1.54, 1.807) is 25.1 Å². The summed E-state index contributed by atoms with van der Waals surface area (Å²) in [6.07, 6.45) is -1.19. The van der Waals surface area contributed by atoms with Crippen molar-refractivity contribution in [2.45, 2.75) is 19.4 Å². The third kappa shape index (κ3) is 3.88. The predicted molar refractivity (Wildman–Crippen MR) is 83.6 cm³/mol. The van der Waals surface area contributed by atoms with Crippen molar-refractivity contribution in [1.29, 1.82) is 0 Å². The van der Waals surface area contributed by atoms with Gasteiger partial charge < -0.3 is 24.7 Å². The van der Waals surface area contributed by atoms with Crippen molar-refractivity contribution in [3.63, 3.8) is 0 Å². The smallest absolute Gasteiger partial charge is 0.340 e. The topological polar surface area (TPSA) is 109 Å². The Labute approximate surface area is 132 Å². The Bertz CT molecular complexity index is 767. The second-order valence-electron chi connectivity index (χ2n) is 5.17. The van der Waals surface area contributed by atoms with E-state index in [0.29, 0.717) is 16.9 Å². The van der Waals surface area contributed by atoms with Crippen molar-refractivity contribution in [3.05, 3.63) is 39.7 Å². The average Bonchev–Trinajstić information content (AvgIpc) is 2.55. The van der Waals surface area contributed by atoms with Crippen LogP contribution in [0.4, 0.5) is 0 Å². The van der Waals surface area contributed by atoms with Crippen LogP contribution in [0.1, 0.15) is 11.1 Å². The van der Waals surface area contributed by atoms with Gasteiger partial charge in [0, 0.05) is 18.0 Å². The van der Waals surface area contributed by atoms with Crippen molar-refractivity contribution < 1.29 is 24.2 Å². The zero-order chi connectivity index (χ0) is 17.0. The molecule has 0 spiro atoms. The number of amides is 1. The average molecular weight is 321 g/mol. The van der Waals surface area contributed by atoms with E-state index in [1.807, 2.05) is 0 Å². The van der Waals surface area contributed by atoms with Gasteiger partial charge in [0.25, 0.3) is 0 Å². The van der Waals surface area contributed by atoms with E-state index < -0.39 is 24.2 Å². The van der Waals surface area contributed by atoms with Gasteiger partial charge >= 0.3 is 5.63 Å². The molecule has 1 amide bonds. The molecule has 1 aromatic carbocycles. The monoisotopic (exact) mass is 321 g/mol. The third-order valence-electron chi connectivity index (χ3n) is 3.58. The number of ether oxygens (including phenoxy) is 1. The van der Waals surface area contributed by atoms with Gasteiger partial charge in [-0.2, -0.15) is 0 Å². The van der Waals surface area contributed by atoms with Crippen molar-refractivity contribution in [2.75, 3.05) is 20.3 Å². The van der Waals surface area contributed by atoms with Gasteiger partial charge in [-0.05, 0) is 24.6 Å². The van der Waals surface area contributed by atoms with Crippen LogP contribution in [0.2, 0.25) is 0 Å². The normalized spacial score (nSPS) is 12.2. The van der Waals surface area contributed by atoms with Crippen LogP contribution in [-0.2, 0) is 11.2 Å².